The summed E-state index contributed by atoms with van der Waals surface area (Å²) in [6.45, 7) is 7.20. The molecule has 0 fully saturated rings. The van der Waals surface area contributed by atoms with Gasteiger partial charge in [0.15, 0.2) is 0 Å². The van der Waals surface area contributed by atoms with Crippen molar-refractivity contribution in [3.05, 3.63) is 64.0 Å². The summed E-state index contributed by atoms with van der Waals surface area (Å²) in [6.07, 6.45) is 6.76. The van der Waals surface area contributed by atoms with Crippen LogP contribution in [0.4, 0.5) is 0 Å². The van der Waals surface area contributed by atoms with Crippen LogP contribution in [0.25, 0.3) is 5.82 Å². The first-order valence-corrected chi connectivity index (χ1v) is 8.76. The van der Waals surface area contributed by atoms with Crippen LogP contribution in [-0.4, -0.2) is 14.5 Å². The Morgan fingerprint density at radius 3 is 2.70 bits per heavy atom. The largest absolute Gasteiger partial charge is 0.305 e. The van der Waals surface area contributed by atoms with E-state index in [-0.39, 0.29) is 0 Å². The summed E-state index contributed by atoms with van der Waals surface area (Å²) in [6, 6.07) is 8.96. The lowest BCUT2D eigenvalue weighted by atomic mass is 10.2. The number of hydrogen-bond acceptors (Lipinski definition) is 4. The van der Waals surface area contributed by atoms with E-state index in [0.29, 0.717) is 6.04 Å². The van der Waals surface area contributed by atoms with Gasteiger partial charge in [0.25, 0.3) is 0 Å². The Bertz CT molecular complexity index is 757. The van der Waals surface area contributed by atoms with Crippen LogP contribution in [0.15, 0.2) is 42.9 Å². The Balaban J connectivity index is 1.61. The standard InChI is InChI=1S/C18H22N4S/c1-4-16-6-7-17(23-16)13(2)20-11-15-5-8-18(21-12-15)22-10-9-19-14(22)3/h5-10,12-13,20H,4,11H2,1-3H3/t13-/m0/s1. The van der Waals surface area contributed by atoms with E-state index in [9.17, 15) is 0 Å². The number of hydrogen-bond donors (Lipinski definition) is 1. The monoisotopic (exact) mass is 326 g/mol. The van der Waals surface area contributed by atoms with E-state index >= 15 is 0 Å². The van der Waals surface area contributed by atoms with Gasteiger partial charge in [-0.05, 0) is 44.0 Å². The van der Waals surface area contributed by atoms with Gasteiger partial charge in [-0.3, -0.25) is 4.57 Å². The van der Waals surface area contributed by atoms with Gasteiger partial charge in [0, 0.05) is 40.9 Å². The van der Waals surface area contributed by atoms with Crippen LogP contribution >= 0.6 is 11.3 Å². The average Bonchev–Trinajstić information content (AvgIpc) is 3.22. The van der Waals surface area contributed by atoms with Gasteiger partial charge in [-0.2, -0.15) is 0 Å². The highest BCUT2D eigenvalue weighted by atomic mass is 32.1. The third-order valence-corrected chi connectivity index (χ3v) is 5.36. The molecule has 0 saturated carbocycles. The molecule has 0 unspecified atom stereocenters. The summed E-state index contributed by atoms with van der Waals surface area (Å²) in [5.74, 6) is 1.85. The number of aryl methyl sites for hydroxylation is 2. The molecule has 3 aromatic heterocycles. The van der Waals surface area contributed by atoms with Crippen molar-refractivity contribution in [1.82, 2.24) is 19.9 Å². The minimum atomic E-state index is 0.357. The van der Waals surface area contributed by atoms with Gasteiger partial charge < -0.3 is 5.32 Å². The Hall–Kier alpha value is -1.98. The van der Waals surface area contributed by atoms with E-state index < -0.39 is 0 Å². The molecule has 5 heteroatoms. The second kappa shape index (κ2) is 7.06. The van der Waals surface area contributed by atoms with Crippen molar-refractivity contribution in [1.29, 1.82) is 0 Å². The topological polar surface area (TPSA) is 42.7 Å². The summed E-state index contributed by atoms with van der Waals surface area (Å²) in [5, 5.41) is 3.57. The molecule has 0 amide bonds. The zero-order valence-corrected chi connectivity index (χ0v) is 14.6. The molecule has 0 aromatic carbocycles. The van der Waals surface area contributed by atoms with Crippen molar-refractivity contribution in [2.45, 2.75) is 39.8 Å². The normalized spacial score (nSPS) is 12.5. The molecule has 0 aliphatic carbocycles. The molecular weight excluding hydrogens is 304 g/mol. The number of pyridine rings is 1. The lowest BCUT2D eigenvalue weighted by Gasteiger charge is -2.12. The predicted octanol–water partition coefficient (Wildman–Crippen LogP) is 4.05. The van der Waals surface area contributed by atoms with E-state index in [1.807, 2.05) is 41.3 Å². The van der Waals surface area contributed by atoms with Gasteiger partial charge in [0.2, 0.25) is 0 Å². The Morgan fingerprint density at radius 2 is 2.09 bits per heavy atom. The maximum absolute atomic E-state index is 4.54. The van der Waals surface area contributed by atoms with Gasteiger partial charge in [-0.15, -0.1) is 11.3 Å². The second-order valence-electron chi connectivity index (χ2n) is 5.63. The minimum Gasteiger partial charge on any atom is -0.305 e. The molecule has 3 aromatic rings. The SMILES string of the molecule is CCc1ccc([C@H](C)NCc2ccc(-n3ccnc3C)nc2)s1. The lowest BCUT2D eigenvalue weighted by molar-refractivity contribution is 0.582. The number of nitrogens with zero attached hydrogens (tertiary/aromatic N) is 3. The highest BCUT2D eigenvalue weighted by Gasteiger charge is 2.08. The van der Waals surface area contributed by atoms with Crippen LogP contribution in [0, 0.1) is 6.92 Å². The fourth-order valence-corrected chi connectivity index (χ4v) is 3.45. The summed E-state index contributed by atoms with van der Waals surface area (Å²) < 4.78 is 1.98. The van der Waals surface area contributed by atoms with Crippen molar-refractivity contribution >= 4 is 11.3 Å². The predicted molar refractivity (Wildman–Crippen MR) is 95.0 cm³/mol. The highest BCUT2D eigenvalue weighted by Crippen LogP contribution is 2.23. The summed E-state index contributed by atoms with van der Waals surface area (Å²) in [7, 11) is 0. The van der Waals surface area contributed by atoms with E-state index in [1.54, 1.807) is 6.20 Å². The van der Waals surface area contributed by atoms with Crippen molar-refractivity contribution in [3.8, 4) is 5.82 Å². The fraction of sp³-hybridized carbons (Fsp3) is 0.333. The maximum Gasteiger partial charge on any atom is 0.137 e. The molecule has 0 radical (unpaired) electrons. The number of aromatic nitrogens is 3. The van der Waals surface area contributed by atoms with Gasteiger partial charge in [-0.25, -0.2) is 9.97 Å². The zero-order valence-electron chi connectivity index (χ0n) is 13.8. The van der Waals surface area contributed by atoms with E-state index in [0.717, 1.165) is 24.6 Å². The van der Waals surface area contributed by atoms with Crippen molar-refractivity contribution in [2.24, 2.45) is 0 Å². The first kappa shape index (κ1) is 15.9. The van der Waals surface area contributed by atoms with Gasteiger partial charge in [-0.1, -0.05) is 13.0 Å². The Kier molecular flexibility index (Phi) is 4.88. The number of thiophene rings is 1. The molecule has 1 atom stereocenters. The molecule has 0 bridgehead atoms. The van der Waals surface area contributed by atoms with Crippen LogP contribution in [-0.2, 0) is 13.0 Å². The molecule has 0 aliphatic rings. The minimum absolute atomic E-state index is 0.357. The Morgan fingerprint density at radius 1 is 1.22 bits per heavy atom. The van der Waals surface area contributed by atoms with Crippen molar-refractivity contribution < 1.29 is 0 Å². The molecule has 3 rings (SSSR count). The average molecular weight is 326 g/mol. The molecule has 0 spiro atoms. The first-order chi connectivity index (χ1) is 11.2. The van der Waals surface area contributed by atoms with Crippen molar-refractivity contribution in [2.75, 3.05) is 0 Å². The third kappa shape index (κ3) is 3.68. The molecule has 3 heterocycles. The zero-order chi connectivity index (χ0) is 16.2. The summed E-state index contributed by atoms with van der Waals surface area (Å²) in [4.78, 5) is 11.6. The Labute approximate surface area is 141 Å². The second-order valence-corrected chi connectivity index (χ2v) is 6.83. The van der Waals surface area contributed by atoms with E-state index in [1.165, 1.54) is 15.3 Å². The molecule has 0 aliphatic heterocycles. The molecule has 23 heavy (non-hydrogen) atoms. The molecular formula is C18H22N4S. The van der Waals surface area contributed by atoms with Gasteiger partial charge in [0.05, 0.1) is 0 Å². The summed E-state index contributed by atoms with van der Waals surface area (Å²) in [5.41, 5.74) is 1.19. The fourth-order valence-electron chi connectivity index (χ4n) is 2.47. The smallest absolute Gasteiger partial charge is 0.137 e. The molecule has 120 valence electrons. The third-order valence-electron chi connectivity index (χ3n) is 3.95. The number of rotatable bonds is 6. The van der Waals surface area contributed by atoms with Crippen LogP contribution in [0.2, 0.25) is 0 Å². The highest BCUT2D eigenvalue weighted by molar-refractivity contribution is 7.12. The first-order valence-electron chi connectivity index (χ1n) is 7.94. The van der Waals surface area contributed by atoms with Crippen LogP contribution < -0.4 is 5.32 Å². The number of nitrogens with one attached hydrogen (secondary N) is 1. The van der Waals surface area contributed by atoms with Gasteiger partial charge in [0.1, 0.15) is 11.6 Å². The van der Waals surface area contributed by atoms with Crippen LogP contribution in [0.1, 0.15) is 41.0 Å². The summed E-state index contributed by atoms with van der Waals surface area (Å²) >= 11 is 1.89. The quantitative estimate of drug-likeness (QED) is 0.743. The lowest BCUT2D eigenvalue weighted by Crippen LogP contribution is -2.17. The number of imidazole rings is 1. The van der Waals surface area contributed by atoms with E-state index in [4.69, 9.17) is 0 Å². The van der Waals surface area contributed by atoms with Crippen LogP contribution in [0.3, 0.4) is 0 Å². The van der Waals surface area contributed by atoms with Gasteiger partial charge >= 0.3 is 0 Å². The maximum atomic E-state index is 4.54. The van der Waals surface area contributed by atoms with Crippen LogP contribution in [0.5, 0.6) is 0 Å². The van der Waals surface area contributed by atoms with E-state index in [2.05, 4.69) is 47.3 Å². The molecule has 0 saturated heterocycles. The molecule has 4 nitrogen and oxygen atoms in total. The van der Waals surface area contributed by atoms with Crippen molar-refractivity contribution in [3.63, 3.8) is 0 Å². The molecule has 1 N–H and O–H groups in total.